The molecule has 176 valence electrons. The maximum atomic E-state index is 12.8. The van der Waals surface area contributed by atoms with E-state index in [4.69, 9.17) is 4.74 Å². The molecule has 7 nitrogen and oxygen atoms in total. The number of amides is 3. The Hall–Kier alpha value is -4.13. The molecule has 3 aromatic carbocycles. The molecular weight excluding hydrogens is 430 g/mol. The van der Waals surface area contributed by atoms with E-state index in [1.54, 1.807) is 12.1 Å². The van der Waals surface area contributed by atoms with Crippen molar-refractivity contribution >= 4 is 17.9 Å². The molecule has 0 radical (unpaired) electrons. The second-order valence-electron chi connectivity index (χ2n) is 8.02. The molecule has 3 N–H and O–H groups in total. The number of nitrogens with one attached hydrogen (secondary N) is 3. The minimum atomic E-state index is -0.527. The summed E-state index contributed by atoms with van der Waals surface area (Å²) >= 11 is 0. The summed E-state index contributed by atoms with van der Waals surface area (Å²) < 4.78 is 5.29. The Morgan fingerprint density at radius 3 is 2.18 bits per heavy atom. The van der Waals surface area contributed by atoms with Crippen LogP contribution in [0.3, 0.4) is 0 Å². The number of hydrogen-bond acceptors (Lipinski definition) is 4. The second-order valence-corrected chi connectivity index (χ2v) is 8.02. The van der Waals surface area contributed by atoms with Crippen LogP contribution in [0.1, 0.15) is 35.3 Å². The number of carbonyl (C=O) groups is 3. The fourth-order valence-corrected chi connectivity index (χ4v) is 3.42. The normalized spacial score (nSPS) is 10.4. The molecule has 0 aliphatic heterocycles. The summed E-state index contributed by atoms with van der Waals surface area (Å²) in [4.78, 5) is 37.0. The molecule has 34 heavy (non-hydrogen) atoms. The first-order valence-electron chi connectivity index (χ1n) is 11.1. The van der Waals surface area contributed by atoms with Crippen LogP contribution in [0.5, 0.6) is 0 Å². The molecule has 3 aromatic rings. The number of benzene rings is 3. The highest BCUT2D eigenvalue weighted by Gasteiger charge is 2.16. The Labute approximate surface area is 199 Å². The average molecular weight is 460 g/mol. The molecule has 0 unspecified atom stereocenters. The van der Waals surface area contributed by atoms with Crippen LogP contribution in [-0.4, -0.2) is 30.5 Å². The number of alkyl carbamates (subject to hydrolysis) is 1. The fourth-order valence-electron chi connectivity index (χ4n) is 3.42. The molecule has 0 aliphatic carbocycles. The van der Waals surface area contributed by atoms with Gasteiger partial charge in [-0.2, -0.15) is 0 Å². The molecule has 3 amide bonds. The third kappa shape index (κ3) is 7.20. The van der Waals surface area contributed by atoms with Crippen LogP contribution in [0.25, 0.3) is 11.1 Å². The van der Waals surface area contributed by atoms with Gasteiger partial charge in [0.25, 0.3) is 5.91 Å². The summed E-state index contributed by atoms with van der Waals surface area (Å²) in [6.45, 7) is 4.02. The van der Waals surface area contributed by atoms with Crippen molar-refractivity contribution in [3.05, 3.63) is 95.6 Å². The van der Waals surface area contributed by atoms with Crippen LogP contribution in [0.15, 0.2) is 78.9 Å². The van der Waals surface area contributed by atoms with Gasteiger partial charge < -0.3 is 20.7 Å². The minimum Gasteiger partial charge on any atom is -0.445 e. The van der Waals surface area contributed by atoms with Gasteiger partial charge in [0.1, 0.15) is 6.61 Å². The first-order valence-corrected chi connectivity index (χ1v) is 11.1. The molecule has 0 fully saturated rings. The SMILES string of the molecule is CC(C)NC(=O)CNC(=O)c1ccccc1-c1ccccc1CNC(=O)OCc1ccccc1. The highest BCUT2D eigenvalue weighted by Crippen LogP contribution is 2.27. The number of rotatable bonds is 9. The largest absolute Gasteiger partial charge is 0.445 e. The molecule has 0 aliphatic rings. The zero-order chi connectivity index (χ0) is 24.3. The molecule has 3 rings (SSSR count). The number of ether oxygens (including phenoxy) is 1. The van der Waals surface area contributed by atoms with E-state index in [2.05, 4.69) is 16.0 Å². The van der Waals surface area contributed by atoms with Crippen molar-refractivity contribution in [3.8, 4) is 11.1 Å². The Morgan fingerprint density at radius 2 is 1.44 bits per heavy atom. The molecule has 7 heteroatoms. The maximum absolute atomic E-state index is 12.8. The monoisotopic (exact) mass is 459 g/mol. The fraction of sp³-hybridized carbons (Fsp3) is 0.222. The van der Waals surface area contributed by atoms with Gasteiger partial charge in [-0.1, -0.05) is 72.8 Å². The minimum absolute atomic E-state index is 0.00421. The molecule has 0 saturated heterocycles. The zero-order valence-corrected chi connectivity index (χ0v) is 19.3. The zero-order valence-electron chi connectivity index (χ0n) is 19.3. The lowest BCUT2D eigenvalue weighted by Crippen LogP contribution is -2.39. The van der Waals surface area contributed by atoms with Crippen molar-refractivity contribution in [1.82, 2.24) is 16.0 Å². The van der Waals surface area contributed by atoms with Gasteiger partial charge in [-0.25, -0.2) is 4.79 Å². The van der Waals surface area contributed by atoms with Crippen LogP contribution in [-0.2, 0) is 22.7 Å². The Bertz CT molecular complexity index is 1130. The molecule has 0 spiro atoms. The van der Waals surface area contributed by atoms with Gasteiger partial charge in [0, 0.05) is 18.2 Å². The van der Waals surface area contributed by atoms with E-state index in [0.29, 0.717) is 11.1 Å². The summed E-state index contributed by atoms with van der Waals surface area (Å²) in [5.41, 5.74) is 3.69. The first-order chi connectivity index (χ1) is 16.4. The summed E-state index contributed by atoms with van der Waals surface area (Å²) in [5, 5.41) is 8.19. The highest BCUT2D eigenvalue weighted by molar-refractivity contribution is 6.02. The summed E-state index contributed by atoms with van der Waals surface area (Å²) in [6, 6.07) is 24.1. The van der Waals surface area contributed by atoms with Crippen LogP contribution in [0.4, 0.5) is 4.79 Å². The van der Waals surface area contributed by atoms with Crippen molar-refractivity contribution < 1.29 is 19.1 Å². The molecule has 0 aromatic heterocycles. The Kier molecular flexibility index (Phi) is 8.80. The second kappa shape index (κ2) is 12.2. The van der Waals surface area contributed by atoms with Gasteiger partial charge in [0.2, 0.25) is 5.91 Å². The molecule has 0 saturated carbocycles. The Balaban J connectivity index is 1.68. The van der Waals surface area contributed by atoms with Crippen LogP contribution < -0.4 is 16.0 Å². The van der Waals surface area contributed by atoms with E-state index in [0.717, 1.165) is 16.7 Å². The summed E-state index contributed by atoms with van der Waals surface area (Å²) in [6.07, 6.45) is -0.527. The maximum Gasteiger partial charge on any atom is 0.407 e. The molecule has 0 atom stereocenters. The third-order valence-corrected chi connectivity index (χ3v) is 4.97. The standard InChI is InChI=1S/C27H29N3O4/c1-19(2)30-25(31)17-28-26(32)24-15-9-8-14-23(24)22-13-7-6-12-21(22)16-29-27(33)34-18-20-10-4-3-5-11-20/h3-15,19H,16-18H2,1-2H3,(H,28,32)(H,29,33)(H,30,31). The number of hydrogen-bond donors (Lipinski definition) is 3. The smallest absolute Gasteiger partial charge is 0.407 e. The lowest BCUT2D eigenvalue weighted by Gasteiger charge is -2.15. The summed E-state index contributed by atoms with van der Waals surface area (Å²) in [5.74, 6) is -0.598. The average Bonchev–Trinajstić information content (AvgIpc) is 2.85. The topological polar surface area (TPSA) is 96.5 Å². The van der Waals surface area contributed by atoms with E-state index in [-0.39, 0.29) is 37.6 Å². The van der Waals surface area contributed by atoms with Gasteiger partial charge in [-0.05, 0) is 42.2 Å². The molecule has 0 bridgehead atoms. The van der Waals surface area contributed by atoms with E-state index in [9.17, 15) is 14.4 Å². The van der Waals surface area contributed by atoms with E-state index < -0.39 is 6.09 Å². The van der Waals surface area contributed by atoms with Crippen molar-refractivity contribution in [2.75, 3.05) is 6.54 Å². The van der Waals surface area contributed by atoms with Crippen molar-refractivity contribution in [2.24, 2.45) is 0 Å². The predicted octanol–water partition coefficient (Wildman–Crippen LogP) is 4.03. The lowest BCUT2D eigenvalue weighted by atomic mass is 9.95. The van der Waals surface area contributed by atoms with Gasteiger partial charge >= 0.3 is 6.09 Å². The van der Waals surface area contributed by atoms with Gasteiger partial charge in [-0.15, -0.1) is 0 Å². The van der Waals surface area contributed by atoms with Gasteiger partial charge in [-0.3, -0.25) is 9.59 Å². The van der Waals surface area contributed by atoms with Crippen LogP contribution in [0.2, 0.25) is 0 Å². The Morgan fingerprint density at radius 1 is 0.794 bits per heavy atom. The number of carbonyl (C=O) groups excluding carboxylic acids is 3. The summed E-state index contributed by atoms with van der Waals surface area (Å²) in [7, 11) is 0. The third-order valence-electron chi connectivity index (χ3n) is 4.97. The van der Waals surface area contributed by atoms with Crippen molar-refractivity contribution in [2.45, 2.75) is 33.0 Å². The quantitative estimate of drug-likeness (QED) is 0.450. The van der Waals surface area contributed by atoms with Gasteiger partial charge in [0.05, 0.1) is 6.54 Å². The molecule has 0 heterocycles. The van der Waals surface area contributed by atoms with Crippen LogP contribution >= 0.6 is 0 Å². The van der Waals surface area contributed by atoms with E-state index in [1.807, 2.05) is 80.6 Å². The van der Waals surface area contributed by atoms with Crippen molar-refractivity contribution in [1.29, 1.82) is 0 Å². The first kappa shape index (κ1) is 24.5. The molecular formula is C27H29N3O4. The van der Waals surface area contributed by atoms with Gasteiger partial charge in [0.15, 0.2) is 0 Å². The lowest BCUT2D eigenvalue weighted by molar-refractivity contribution is -0.120. The van der Waals surface area contributed by atoms with E-state index >= 15 is 0 Å². The van der Waals surface area contributed by atoms with Crippen molar-refractivity contribution in [3.63, 3.8) is 0 Å². The highest BCUT2D eigenvalue weighted by atomic mass is 16.5. The van der Waals surface area contributed by atoms with E-state index in [1.165, 1.54) is 0 Å². The van der Waals surface area contributed by atoms with Crippen LogP contribution in [0, 0.1) is 0 Å². The predicted molar refractivity (Wildman–Crippen MR) is 131 cm³/mol.